The summed E-state index contributed by atoms with van der Waals surface area (Å²) in [5.41, 5.74) is 4.79. The second-order valence-corrected chi connectivity index (χ2v) is 9.06. The summed E-state index contributed by atoms with van der Waals surface area (Å²) in [6.45, 7) is 4.89. The van der Waals surface area contributed by atoms with Gasteiger partial charge in [0, 0.05) is 18.7 Å². The quantitative estimate of drug-likeness (QED) is 0.461. The molecule has 0 bridgehead atoms. The standard InChI is InChI=1S/C24H25N3O2S/c1-3-27-23-10-5-4-9-22(23)25-24(27)16-13-19-11-14-20(15-12-19)26-30(28,29)21-8-6-7-18(2)17-21/h4-12,14-15,17,26H,3,13,16H2,1-2H3. The summed E-state index contributed by atoms with van der Waals surface area (Å²) in [7, 11) is -3.59. The summed E-state index contributed by atoms with van der Waals surface area (Å²) in [5.74, 6) is 1.07. The molecular weight excluding hydrogens is 394 g/mol. The zero-order chi connectivity index (χ0) is 21.1. The van der Waals surface area contributed by atoms with Crippen LogP contribution in [0.2, 0.25) is 0 Å². The van der Waals surface area contributed by atoms with Crippen LogP contribution in [-0.2, 0) is 29.4 Å². The number of para-hydroxylation sites is 2. The van der Waals surface area contributed by atoms with E-state index in [9.17, 15) is 8.42 Å². The Morgan fingerprint density at radius 1 is 0.933 bits per heavy atom. The van der Waals surface area contributed by atoms with E-state index in [4.69, 9.17) is 4.98 Å². The first kappa shape index (κ1) is 20.2. The van der Waals surface area contributed by atoms with E-state index in [-0.39, 0.29) is 4.90 Å². The molecule has 1 aromatic heterocycles. The lowest BCUT2D eigenvalue weighted by molar-refractivity contribution is 0.601. The third kappa shape index (κ3) is 4.24. The predicted molar refractivity (Wildman–Crippen MR) is 121 cm³/mol. The zero-order valence-corrected chi connectivity index (χ0v) is 18.0. The number of anilines is 1. The molecule has 0 atom stereocenters. The van der Waals surface area contributed by atoms with Gasteiger partial charge in [0.2, 0.25) is 0 Å². The van der Waals surface area contributed by atoms with Crippen LogP contribution in [0.15, 0.2) is 77.7 Å². The van der Waals surface area contributed by atoms with Gasteiger partial charge in [0.25, 0.3) is 10.0 Å². The minimum Gasteiger partial charge on any atom is -0.328 e. The van der Waals surface area contributed by atoms with E-state index in [1.165, 1.54) is 0 Å². The fourth-order valence-corrected chi connectivity index (χ4v) is 4.82. The molecule has 0 fully saturated rings. The van der Waals surface area contributed by atoms with Crippen molar-refractivity contribution in [1.82, 2.24) is 9.55 Å². The van der Waals surface area contributed by atoms with E-state index in [0.29, 0.717) is 5.69 Å². The van der Waals surface area contributed by atoms with Crippen LogP contribution >= 0.6 is 0 Å². The topological polar surface area (TPSA) is 64.0 Å². The number of aromatic nitrogens is 2. The lowest BCUT2D eigenvalue weighted by atomic mass is 10.1. The number of nitrogens with one attached hydrogen (secondary N) is 1. The third-order valence-corrected chi connectivity index (χ3v) is 6.57. The van der Waals surface area contributed by atoms with Crippen molar-refractivity contribution in [2.24, 2.45) is 0 Å². The second-order valence-electron chi connectivity index (χ2n) is 7.38. The third-order valence-electron chi connectivity index (χ3n) is 5.19. The Bertz CT molecular complexity index is 1280. The molecule has 0 unspecified atom stereocenters. The maximum Gasteiger partial charge on any atom is 0.261 e. The average Bonchev–Trinajstić information content (AvgIpc) is 3.10. The van der Waals surface area contributed by atoms with E-state index >= 15 is 0 Å². The van der Waals surface area contributed by atoms with Gasteiger partial charge in [-0.2, -0.15) is 0 Å². The molecule has 0 radical (unpaired) electrons. The normalized spacial score (nSPS) is 11.7. The van der Waals surface area contributed by atoms with Crippen LogP contribution in [0.3, 0.4) is 0 Å². The summed E-state index contributed by atoms with van der Waals surface area (Å²) in [6.07, 6.45) is 1.67. The average molecular weight is 420 g/mol. The van der Waals surface area contributed by atoms with E-state index < -0.39 is 10.0 Å². The van der Waals surface area contributed by atoms with Gasteiger partial charge in [-0.3, -0.25) is 4.72 Å². The molecule has 0 aliphatic rings. The Balaban J connectivity index is 1.46. The van der Waals surface area contributed by atoms with Crippen LogP contribution in [-0.4, -0.2) is 18.0 Å². The summed E-state index contributed by atoms with van der Waals surface area (Å²) in [6, 6.07) is 22.6. The molecule has 154 valence electrons. The smallest absolute Gasteiger partial charge is 0.261 e. The van der Waals surface area contributed by atoms with Gasteiger partial charge in [0.1, 0.15) is 5.82 Å². The largest absolute Gasteiger partial charge is 0.328 e. The number of benzene rings is 3. The molecule has 1 heterocycles. The highest BCUT2D eigenvalue weighted by molar-refractivity contribution is 7.92. The Hall–Kier alpha value is -3.12. The van der Waals surface area contributed by atoms with E-state index in [2.05, 4.69) is 22.3 Å². The van der Waals surface area contributed by atoms with Gasteiger partial charge in [-0.25, -0.2) is 13.4 Å². The fourth-order valence-electron chi connectivity index (χ4n) is 3.66. The van der Waals surface area contributed by atoms with Gasteiger partial charge < -0.3 is 4.57 Å². The van der Waals surface area contributed by atoms with Gasteiger partial charge in [-0.05, 0) is 67.8 Å². The van der Waals surface area contributed by atoms with Crippen molar-refractivity contribution >= 4 is 26.7 Å². The maximum atomic E-state index is 12.6. The Kier molecular flexibility index (Phi) is 5.59. The second kappa shape index (κ2) is 8.32. The lowest BCUT2D eigenvalue weighted by Gasteiger charge is -2.10. The molecule has 1 N–H and O–H groups in total. The fraction of sp³-hybridized carbons (Fsp3) is 0.208. The molecular formula is C24H25N3O2S. The van der Waals surface area contributed by atoms with Crippen molar-refractivity contribution in [2.75, 3.05) is 4.72 Å². The van der Waals surface area contributed by atoms with Crippen molar-refractivity contribution < 1.29 is 8.42 Å². The Morgan fingerprint density at radius 2 is 1.70 bits per heavy atom. The van der Waals surface area contributed by atoms with Crippen LogP contribution < -0.4 is 4.72 Å². The molecule has 0 spiro atoms. The van der Waals surface area contributed by atoms with Crippen molar-refractivity contribution in [2.45, 2.75) is 38.1 Å². The van der Waals surface area contributed by atoms with Gasteiger partial charge >= 0.3 is 0 Å². The molecule has 0 aliphatic carbocycles. The number of imidazole rings is 1. The summed E-state index contributed by atoms with van der Waals surface area (Å²) >= 11 is 0. The number of sulfonamides is 1. The molecule has 4 aromatic rings. The zero-order valence-electron chi connectivity index (χ0n) is 17.2. The molecule has 4 rings (SSSR count). The highest BCUT2D eigenvalue weighted by atomic mass is 32.2. The van der Waals surface area contributed by atoms with Gasteiger partial charge in [-0.15, -0.1) is 0 Å². The molecule has 30 heavy (non-hydrogen) atoms. The number of hydrogen-bond donors (Lipinski definition) is 1. The highest BCUT2D eigenvalue weighted by Crippen LogP contribution is 2.20. The number of hydrogen-bond acceptors (Lipinski definition) is 3. The Morgan fingerprint density at radius 3 is 2.43 bits per heavy atom. The first-order valence-corrected chi connectivity index (χ1v) is 11.6. The van der Waals surface area contributed by atoms with E-state index in [0.717, 1.165) is 47.4 Å². The van der Waals surface area contributed by atoms with Crippen LogP contribution in [0.1, 0.15) is 23.9 Å². The van der Waals surface area contributed by atoms with Crippen molar-refractivity contribution in [3.05, 3.63) is 89.7 Å². The minimum absolute atomic E-state index is 0.269. The van der Waals surface area contributed by atoms with Crippen LogP contribution in [0.25, 0.3) is 11.0 Å². The maximum absolute atomic E-state index is 12.6. The van der Waals surface area contributed by atoms with Crippen molar-refractivity contribution in [3.8, 4) is 0 Å². The predicted octanol–water partition coefficient (Wildman–Crippen LogP) is 4.95. The minimum atomic E-state index is -3.59. The first-order chi connectivity index (χ1) is 14.5. The molecule has 5 nitrogen and oxygen atoms in total. The number of nitrogens with zero attached hydrogens (tertiary/aromatic N) is 2. The van der Waals surface area contributed by atoms with E-state index in [1.807, 2.05) is 55.5 Å². The molecule has 6 heteroatoms. The molecule has 0 saturated carbocycles. The molecule has 3 aromatic carbocycles. The molecule has 0 aliphatic heterocycles. The molecule has 0 saturated heterocycles. The summed E-state index contributed by atoms with van der Waals surface area (Å²) in [5, 5.41) is 0. The Labute approximate surface area is 177 Å². The van der Waals surface area contributed by atoms with Crippen molar-refractivity contribution in [3.63, 3.8) is 0 Å². The number of fused-ring (bicyclic) bond motifs is 1. The lowest BCUT2D eigenvalue weighted by Crippen LogP contribution is -2.13. The molecule has 0 amide bonds. The first-order valence-electron chi connectivity index (χ1n) is 10.1. The highest BCUT2D eigenvalue weighted by Gasteiger charge is 2.14. The number of rotatable bonds is 7. The van der Waals surface area contributed by atoms with Gasteiger partial charge in [0.05, 0.1) is 15.9 Å². The summed E-state index contributed by atoms with van der Waals surface area (Å²) in [4.78, 5) is 5.05. The number of aryl methyl sites for hydroxylation is 4. The SMILES string of the molecule is CCn1c(CCc2ccc(NS(=O)(=O)c3cccc(C)c3)cc2)nc2ccccc21. The van der Waals surface area contributed by atoms with Gasteiger partial charge in [-0.1, -0.05) is 36.4 Å². The van der Waals surface area contributed by atoms with E-state index in [1.54, 1.807) is 18.2 Å². The van der Waals surface area contributed by atoms with Gasteiger partial charge in [0.15, 0.2) is 0 Å². The van der Waals surface area contributed by atoms with Crippen molar-refractivity contribution in [1.29, 1.82) is 0 Å². The van der Waals surface area contributed by atoms with Crippen LogP contribution in [0.4, 0.5) is 5.69 Å². The van der Waals surface area contributed by atoms with Crippen LogP contribution in [0, 0.1) is 6.92 Å². The van der Waals surface area contributed by atoms with Crippen LogP contribution in [0.5, 0.6) is 0 Å². The summed E-state index contributed by atoms with van der Waals surface area (Å²) < 4.78 is 30.1. The monoisotopic (exact) mass is 419 g/mol.